The molecule has 0 spiro atoms. The Balaban J connectivity index is 1.54. The Labute approximate surface area is 134 Å². The quantitative estimate of drug-likeness (QED) is 0.906. The summed E-state index contributed by atoms with van der Waals surface area (Å²) >= 11 is 0. The SMILES string of the molecule is O=C(O)c1ccc(C(=O)NC2CCC(c3ccccc3)CC2)o1. The number of hydrogen-bond acceptors (Lipinski definition) is 3. The molecule has 1 aliphatic carbocycles. The van der Waals surface area contributed by atoms with Crippen LogP contribution in [-0.4, -0.2) is 23.0 Å². The molecule has 1 heterocycles. The number of benzene rings is 1. The number of aromatic carboxylic acids is 1. The summed E-state index contributed by atoms with van der Waals surface area (Å²) in [5.41, 5.74) is 1.36. The van der Waals surface area contributed by atoms with E-state index in [1.54, 1.807) is 0 Å². The van der Waals surface area contributed by atoms with E-state index in [9.17, 15) is 9.59 Å². The molecule has 1 amide bonds. The van der Waals surface area contributed by atoms with Gasteiger partial charge in [-0.3, -0.25) is 4.79 Å². The third-order valence-electron chi connectivity index (χ3n) is 4.37. The minimum atomic E-state index is -1.17. The summed E-state index contributed by atoms with van der Waals surface area (Å²) in [6.45, 7) is 0. The number of carboxylic acid groups (broad SMARTS) is 1. The molecule has 1 aromatic carbocycles. The summed E-state index contributed by atoms with van der Waals surface area (Å²) in [4.78, 5) is 22.9. The van der Waals surface area contributed by atoms with Gasteiger partial charge in [-0.25, -0.2) is 4.79 Å². The van der Waals surface area contributed by atoms with E-state index >= 15 is 0 Å². The summed E-state index contributed by atoms with van der Waals surface area (Å²) in [5.74, 6) is -1.14. The van der Waals surface area contributed by atoms with Crippen molar-refractivity contribution in [3.63, 3.8) is 0 Å². The van der Waals surface area contributed by atoms with Crippen LogP contribution in [0.2, 0.25) is 0 Å². The Morgan fingerprint density at radius 3 is 2.22 bits per heavy atom. The van der Waals surface area contributed by atoms with Gasteiger partial charge in [0.25, 0.3) is 5.91 Å². The van der Waals surface area contributed by atoms with Crippen molar-refractivity contribution in [1.82, 2.24) is 5.32 Å². The lowest BCUT2D eigenvalue weighted by Gasteiger charge is -2.29. The molecule has 1 aromatic heterocycles. The van der Waals surface area contributed by atoms with Crippen molar-refractivity contribution in [2.24, 2.45) is 0 Å². The van der Waals surface area contributed by atoms with Crippen molar-refractivity contribution in [2.75, 3.05) is 0 Å². The number of nitrogens with one attached hydrogen (secondary N) is 1. The number of furan rings is 1. The second-order valence-electron chi connectivity index (χ2n) is 5.90. The van der Waals surface area contributed by atoms with Crippen molar-refractivity contribution in [3.05, 3.63) is 59.5 Å². The Kier molecular flexibility index (Phi) is 4.46. The lowest BCUT2D eigenvalue weighted by Crippen LogP contribution is -2.37. The van der Waals surface area contributed by atoms with E-state index in [1.165, 1.54) is 17.7 Å². The molecule has 5 nitrogen and oxygen atoms in total. The smallest absolute Gasteiger partial charge is 0.371 e. The van der Waals surface area contributed by atoms with Crippen LogP contribution in [0, 0.1) is 0 Å². The molecule has 1 saturated carbocycles. The van der Waals surface area contributed by atoms with Crippen LogP contribution in [-0.2, 0) is 0 Å². The normalized spacial score (nSPS) is 20.9. The summed E-state index contributed by atoms with van der Waals surface area (Å²) in [5, 5.41) is 11.7. The van der Waals surface area contributed by atoms with E-state index in [0.29, 0.717) is 5.92 Å². The fourth-order valence-electron chi connectivity index (χ4n) is 3.13. The van der Waals surface area contributed by atoms with E-state index in [-0.39, 0.29) is 23.5 Å². The molecule has 0 atom stereocenters. The molecule has 1 aliphatic rings. The molecule has 23 heavy (non-hydrogen) atoms. The van der Waals surface area contributed by atoms with Crippen LogP contribution < -0.4 is 5.32 Å². The van der Waals surface area contributed by atoms with Crippen molar-refractivity contribution in [2.45, 2.75) is 37.6 Å². The molecule has 2 N–H and O–H groups in total. The predicted octanol–water partition coefficient (Wildman–Crippen LogP) is 3.43. The average Bonchev–Trinajstić information content (AvgIpc) is 3.07. The second kappa shape index (κ2) is 6.69. The molecule has 3 rings (SSSR count). The number of carboxylic acids is 1. The predicted molar refractivity (Wildman–Crippen MR) is 84.6 cm³/mol. The highest BCUT2D eigenvalue weighted by Crippen LogP contribution is 2.32. The topological polar surface area (TPSA) is 79.5 Å². The van der Waals surface area contributed by atoms with Gasteiger partial charge in [-0.15, -0.1) is 0 Å². The fraction of sp³-hybridized carbons (Fsp3) is 0.333. The van der Waals surface area contributed by atoms with Crippen molar-refractivity contribution in [1.29, 1.82) is 0 Å². The van der Waals surface area contributed by atoms with Crippen LogP contribution in [0.4, 0.5) is 0 Å². The van der Waals surface area contributed by atoms with Crippen molar-refractivity contribution < 1.29 is 19.1 Å². The van der Waals surface area contributed by atoms with Gasteiger partial charge in [0.05, 0.1) is 0 Å². The molecule has 0 saturated heterocycles. The van der Waals surface area contributed by atoms with E-state index < -0.39 is 5.97 Å². The van der Waals surface area contributed by atoms with Gasteiger partial charge >= 0.3 is 5.97 Å². The zero-order valence-electron chi connectivity index (χ0n) is 12.7. The summed E-state index contributed by atoms with van der Waals surface area (Å²) in [6.07, 6.45) is 3.90. The highest BCUT2D eigenvalue weighted by Gasteiger charge is 2.24. The van der Waals surface area contributed by atoms with Crippen LogP contribution >= 0.6 is 0 Å². The monoisotopic (exact) mass is 313 g/mol. The van der Waals surface area contributed by atoms with Gasteiger partial charge in [0.2, 0.25) is 5.76 Å². The van der Waals surface area contributed by atoms with Crippen molar-refractivity contribution >= 4 is 11.9 Å². The first-order valence-corrected chi connectivity index (χ1v) is 7.82. The summed E-state index contributed by atoms with van der Waals surface area (Å²) in [7, 11) is 0. The van der Waals surface area contributed by atoms with Crippen LogP contribution in [0.3, 0.4) is 0 Å². The molecule has 0 aliphatic heterocycles. The number of amides is 1. The maximum Gasteiger partial charge on any atom is 0.371 e. The Bertz CT molecular complexity index is 684. The molecule has 5 heteroatoms. The Morgan fingerprint density at radius 1 is 0.957 bits per heavy atom. The molecular weight excluding hydrogens is 294 g/mol. The minimum Gasteiger partial charge on any atom is -0.475 e. The molecule has 0 unspecified atom stereocenters. The van der Waals surface area contributed by atoms with Gasteiger partial charge in [-0.2, -0.15) is 0 Å². The first kappa shape index (κ1) is 15.3. The lowest BCUT2D eigenvalue weighted by atomic mass is 9.82. The average molecular weight is 313 g/mol. The molecule has 2 aromatic rings. The molecule has 0 radical (unpaired) electrons. The van der Waals surface area contributed by atoms with E-state index in [2.05, 4.69) is 29.6 Å². The molecule has 120 valence electrons. The van der Waals surface area contributed by atoms with Gasteiger partial charge in [-0.05, 0) is 49.3 Å². The minimum absolute atomic E-state index is 0.0487. The van der Waals surface area contributed by atoms with Crippen molar-refractivity contribution in [3.8, 4) is 0 Å². The maximum absolute atomic E-state index is 12.1. The van der Waals surface area contributed by atoms with Gasteiger partial charge in [0, 0.05) is 6.04 Å². The summed E-state index contributed by atoms with van der Waals surface area (Å²) < 4.78 is 5.03. The largest absolute Gasteiger partial charge is 0.475 e. The third-order valence-corrected chi connectivity index (χ3v) is 4.37. The van der Waals surface area contributed by atoms with Crippen LogP contribution in [0.15, 0.2) is 46.9 Å². The van der Waals surface area contributed by atoms with Gasteiger partial charge < -0.3 is 14.8 Å². The third kappa shape index (κ3) is 3.62. The standard InChI is InChI=1S/C18H19NO4/c20-17(15-10-11-16(23-15)18(21)22)19-14-8-6-13(7-9-14)12-4-2-1-3-5-12/h1-5,10-11,13-14H,6-9H2,(H,19,20)(H,21,22). The van der Waals surface area contributed by atoms with Gasteiger partial charge in [0.15, 0.2) is 5.76 Å². The second-order valence-corrected chi connectivity index (χ2v) is 5.90. The van der Waals surface area contributed by atoms with Gasteiger partial charge in [0.1, 0.15) is 0 Å². The van der Waals surface area contributed by atoms with Crippen LogP contribution in [0.25, 0.3) is 0 Å². The fourth-order valence-corrected chi connectivity index (χ4v) is 3.13. The van der Waals surface area contributed by atoms with E-state index in [0.717, 1.165) is 25.7 Å². The summed E-state index contributed by atoms with van der Waals surface area (Å²) in [6, 6.07) is 13.2. The van der Waals surface area contributed by atoms with E-state index in [4.69, 9.17) is 9.52 Å². The first-order valence-electron chi connectivity index (χ1n) is 7.82. The zero-order chi connectivity index (χ0) is 16.2. The Hall–Kier alpha value is -2.56. The van der Waals surface area contributed by atoms with Gasteiger partial charge in [-0.1, -0.05) is 30.3 Å². The number of hydrogen-bond donors (Lipinski definition) is 2. The maximum atomic E-state index is 12.1. The highest BCUT2D eigenvalue weighted by molar-refractivity contribution is 5.93. The van der Waals surface area contributed by atoms with Crippen LogP contribution in [0.5, 0.6) is 0 Å². The molecule has 1 fully saturated rings. The zero-order valence-corrected chi connectivity index (χ0v) is 12.7. The number of rotatable bonds is 4. The lowest BCUT2D eigenvalue weighted by molar-refractivity contribution is 0.0659. The number of carbonyl (C=O) groups is 2. The van der Waals surface area contributed by atoms with Crippen LogP contribution in [0.1, 0.15) is 58.3 Å². The number of carbonyl (C=O) groups excluding carboxylic acids is 1. The molecule has 0 bridgehead atoms. The highest BCUT2D eigenvalue weighted by atomic mass is 16.4. The van der Waals surface area contributed by atoms with E-state index in [1.807, 2.05) is 6.07 Å². The Morgan fingerprint density at radius 2 is 1.61 bits per heavy atom. The molecular formula is C18H19NO4. The first-order chi connectivity index (χ1) is 11.1.